The minimum absolute atomic E-state index is 0.855. The summed E-state index contributed by atoms with van der Waals surface area (Å²) in [7, 11) is 0. The molecule has 1 aliphatic carbocycles. The van der Waals surface area contributed by atoms with Crippen LogP contribution in [0.25, 0.3) is 11.4 Å². The number of nitrogens with one attached hydrogen (secondary N) is 1. The van der Waals surface area contributed by atoms with Crippen LogP contribution in [0, 0.1) is 6.92 Å². The molecule has 0 spiro atoms. The van der Waals surface area contributed by atoms with E-state index >= 15 is 0 Å². The van der Waals surface area contributed by atoms with Crippen molar-refractivity contribution in [1.29, 1.82) is 0 Å². The standard InChI is InChI=1S/C17H21N3/c1-3-10-18-17-14-8-5-9-15(14)19-16(20-17)13-7-4-6-12(2)11-13/h4,6-7,11H,3,5,8-10H2,1-2H3,(H,18,19,20). The van der Waals surface area contributed by atoms with Crippen molar-refractivity contribution in [2.24, 2.45) is 0 Å². The Bertz CT molecular complexity index is 620. The highest BCUT2D eigenvalue weighted by atomic mass is 15.0. The van der Waals surface area contributed by atoms with Gasteiger partial charge in [0.05, 0.1) is 0 Å². The number of aromatic nitrogens is 2. The van der Waals surface area contributed by atoms with E-state index in [0.717, 1.165) is 43.0 Å². The van der Waals surface area contributed by atoms with E-state index in [9.17, 15) is 0 Å². The van der Waals surface area contributed by atoms with Crippen LogP contribution in [0.4, 0.5) is 5.82 Å². The maximum atomic E-state index is 4.78. The maximum Gasteiger partial charge on any atom is 0.161 e. The summed E-state index contributed by atoms with van der Waals surface area (Å²) < 4.78 is 0. The van der Waals surface area contributed by atoms with Gasteiger partial charge in [-0.3, -0.25) is 0 Å². The summed E-state index contributed by atoms with van der Waals surface area (Å²) in [5.41, 5.74) is 4.92. The van der Waals surface area contributed by atoms with Gasteiger partial charge >= 0.3 is 0 Å². The molecule has 0 bridgehead atoms. The fraction of sp³-hybridized carbons (Fsp3) is 0.412. The van der Waals surface area contributed by atoms with Crippen molar-refractivity contribution in [1.82, 2.24) is 9.97 Å². The summed E-state index contributed by atoms with van der Waals surface area (Å²) in [6.07, 6.45) is 4.49. The van der Waals surface area contributed by atoms with Crippen molar-refractivity contribution in [2.75, 3.05) is 11.9 Å². The lowest BCUT2D eigenvalue weighted by atomic mass is 10.1. The monoisotopic (exact) mass is 267 g/mol. The highest BCUT2D eigenvalue weighted by Crippen LogP contribution is 2.29. The molecule has 0 unspecified atom stereocenters. The zero-order chi connectivity index (χ0) is 13.9. The minimum atomic E-state index is 0.855. The predicted molar refractivity (Wildman–Crippen MR) is 83.0 cm³/mol. The molecule has 104 valence electrons. The van der Waals surface area contributed by atoms with Gasteiger partial charge in [-0.1, -0.05) is 30.7 Å². The lowest BCUT2D eigenvalue weighted by Gasteiger charge is -2.12. The number of hydrogen-bond donors (Lipinski definition) is 1. The van der Waals surface area contributed by atoms with Gasteiger partial charge in [0, 0.05) is 23.4 Å². The number of rotatable bonds is 4. The molecule has 1 aromatic heterocycles. The molecule has 1 aliphatic rings. The molecule has 1 N–H and O–H groups in total. The Morgan fingerprint density at radius 2 is 2.10 bits per heavy atom. The Labute approximate surface area is 120 Å². The molecule has 1 heterocycles. The van der Waals surface area contributed by atoms with Crippen LogP contribution in [0.5, 0.6) is 0 Å². The average Bonchev–Trinajstić information content (AvgIpc) is 2.93. The molecule has 0 saturated heterocycles. The van der Waals surface area contributed by atoms with Gasteiger partial charge in [-0.15, -0.1) is 0 Å². The van der Waals surface area contributed by atoms with Crippen LogP contribution >= 0.6 is 0 Å². The first-order valence-electron chi connectivity index (χ1n) is 7.48. The first-order chi connectivity index (χ1) is 9.78. The average molecular weight is 267 g/mol. The first kappa shape index (κ1) is 13.1. The molecule has 0 fully saturated rings. The Hall–Kier alpha value is -1.90. The normalized spacial score (nSPS) is 13.3. The predicted octanol–water partition coefficient (Wildman–Crippen LogP) is 3.76. The minimum Gasteiger partial charge on any atom is -0.370 e. The van der Waals surface area contributed by atoms with Crippen molar-refractivity contribution in [2.45, 2.75) is 39.5 Å². The van der Waals surface area contributed by atoms with Crippen molar-refractivity contribution < 1.29 is 0 Å². The molecule has 0 amide bonds. The van der Waals surface area contributed by atoms with Crippen LogP contribution in [0.2, 0.25) is 0 Å². The molecule has 2 aromatic rings. The number of nitrogens with zero attached hydrogens (tertiary/aromatic N) is 2. The third-order valence-corrected chi connectivity index (χ3v) is 3.75. The van der Waals surface area contributed by atoms with E-state index in [1.165, 1.54) is 23.2 Å². The van der Waals surface area contributed by atoms with Crippen molar-refractivity contribution in [3.63, 3.8) is 0 Å². The summed E-state index contributed by atoms with van der Waals surface area (Å²) in [5.74, 6) is 1.90. The van der Waals surface area contributed by atoms with E-state index in [1.54, 1.807) is 0 Å². The highest BCUT2D eigenvalue weighted by molar-refractivity contribution is 5.61. The zero-order valence-electron chi connectivity index (χ0n) is 12.2. The van der Waals surface area contributed by atoms with Crippen molar-refractivity contribution in [3.05, 3.63) is 41.1 Å². The summed E-state index contributed by atoms with van der Waals surface area (Å²) in [5, 5.41) is 3.47. The molecule has 0 aliphatic heterocycles. The number of benzene rings is 1. The van der Waals surface area contributed by atoms with Crippen molar-refractivity contribution in [3.8, 4) is 11.4 Å². The summed E-state index contributed by atoms with van der Waals surface area (Å²) in [6, 6.07) is 8.42. The van der Waals surface area contributed by atoms with E-state index in [0.29, 0.717) is 0 Å². The quantitative estimate of drug-likeness (QED) is 0.916. The number of aryl methyl sites for hydroxylation is 2. The Morgan fingerprint density at radius 1 is 1.20 bits per heavy atom. The van der Waals surface area contributed by atoms with Crippen LogP contribution in [0.3, 0.4) is 0 Å². The topological polar surface area (TPSA) is 37.8 Å². The summed E-state index contributed by atoms with van der Waals surface area (Å²) >= 11 is 0. The first-order valence-corrected chi connectivity index (χ1v) is 7.48. The van der Waals surface area contributed by atoms with Crippen LogP contribution in [0.1, 0.15) is 36.6 Å². The third-order valence-electron chi connectivity index (χ3n) is 3.75. The van der Waals surface area contributed by atoms with Gasteiger partial charge in [0.25, 0.3) is 0 Å². The molecule has 1 aromatic carbocycles. The van der Waals surface area contributed by atoms with E-state index < -0.39 is 0 Å². The maximum absolute atomic E-state index is 4.78. The summed E-state index contributed by atoms with van der Waals surface area (Å²) in [6.45, 7) is 5.25. The Balaban J connectivity index is 2.04. The second-order valence-electron chi connectivity index (χ2n) is 5.47. The number of fused-ring (bicyclic) bond motifs is 1. The van der Waals surface area contributed by atoms with Crippen LogP contribution in [0.15, 0.2) is 24.3 Å². The van der Waals surface area contributed by atoms with Gasteiger partial charge in [-0.05, 0) is 38.7 Å². The zero-order valence-corrected chi connectivity index (χ0v) is 12.2. The van der Waals surface area contributed by atoms with Gasteiger partial charge in [-0.2, -0.15) is 0 Å². The van der Waals surface area contributed by atoms with E-state index in [2.05, 4.69) is 43.4 Å². The molecular weight excluding hydrogens is 246 g/mol. The molecule has 3 heteroatoms. The molecule has 0 atom stereocenters. The second kappa shape index (κ2) is 5.61. The van der Waals surface area contributed by atoms with Crippen LogP contribution in [-0.2, 0) is 12.8 Å². The second-order valence-corrected chi connectivity index (χ2v) is 5.47. The molecule has 3 nitrogen and oxygen atoms in total. The molecule has 20 heavy (non-hydrogen) atoms. The van der Waals surface area contributed by atoms with E-state index in [4.69, 9.17) is 9.97 Å². The fourth-order valence-electron chi connectivity index (χ4n) is 2.74. The molecule has 3 rings (SSSR count). The fourth-order valence-corrected chi connectivity index (χ4v) is 2.74. The SMILES string of the molecule is CCCNc1nc(-c2cccc(C)c2)nc2c1CCC2. The lowest BCUT2D eigenvalue weighted by molar-refractivity contribution is 0.899. The van der Waals surface area contributed by atoms with Gasteiger partial charge in [0.15, 0.2) is 5.82 Å². The van der Waals surface area contributed by atoms with E-state index in [1.807, 2.05) is 0 Å². The lowest BCUT2D eigenvalue weighted by Crippen LogP contribution is -2.08. The van der Waals surface area contributed by atoms with Gasteiger partial charge < -0.3 is 5.32 Å². The van der Waals surface area contributed by atoms with Gasteiger partial charge in [0.1, 0.15) is 5.82 Å². The largest absolute Gasteiger partial charge is 0.370 e. The van der Waals surface area contributed by atoms with E-state index in [-0.39, 0.29) is 0 Å². The molecule has 0 saturated carbocycles. The number of anilines is 1. The Kier molecular flexibility index (Phi) is 3.68. The van der Waals surface area contributed by atoms with Gasteiger partial charge in [-0.25, -0.2) is 9.97 Å². The smallest absolute Gasteiger partial charge is 0.161 e. The van der Waals surface area contributed by atoms with Crippen molar-refractivity contribution >= 4 is 5.82 Å². The van der Waals surface area contributed by atoms with Crippen LogP contribution in [-0.4, -0.2) is 16.5 Å². The number of hydrogen-bond acceptors (Lipinski definition) is 3. The highest BCUT2D eigenvalue weighted by Gasteiger charge is 2.19. The third kappa shape index (κ3) is 2.53. The van der Waals surface area contributed by atoms with Gasteiger partial charge in [0.2, 0.25) is 0 Å². The summed E-state index contributed by atoms with van der Waals surface area (Å²) in [4.78, 5) is 9.55. The Morgan fingerprint density at radius 3 is 2.90 bits per heavy atom. The molecular formula is C17H21N3. The van der Waals surface area contributed by atoms with Crippen LogP contribution < -0.4 is 5.32 Å². The molecule has 0 radical (unpaired) electrons.